The maximum absolute atomic E-state index is 11.8. The van der Waals surface area contributed by atoms with Gasteiger partial charge in [0.25, 0.3) is 5.91 Å². The molecule has 3 aromatic rings. The summed E-state index contributed by atoms with van der Waals surface area (Å²) >= 11 is 0. The van der Waals surface area contributed by atoms with Crippen LogP contribution in [0.5, 0.6) is 5.75 Å². The Bertz CT molecular complexity index is 1240. The number of benzene rings is 1. The van der Waals surface area contributed by atoms with Crippen LogP contribution in [0.15, 0.2) is 48.8 Å². The fraction of sp³-hybridized carbons (Fsp3) is 0.346. The van der Waals surface area contributed by atoms with E-state index in [1.54, 1.807) is 43.7 Å². The van der Waals surface area contributed by atoms with Gasteiger partial charge in [-0.05, 0) is 43.3 Å². The van der Waals surface area contributed by atoms with Crippen LogP contribution in [0.3, 0.4) is 0 Å². The van der Waals surface area contributed by atoms with Crippen molar-refractivity contribution in [3.63, 3.8) is 0 Å². The largest absolute Gasteiger partial charge is 0.489 e. The molecule has 3 heterocycles. The summed E-state index contributed by atoms with van der Waals surface area (Å²) in [6, 6.07) is 13.0. The van der Waals surface area contributed by atoms with E-state index in [-0.39, 0.29) is 18.6 Å². The van der Waals surface area contributed by atoms with Gasteiger partial charge in [-0.3, -0.25) is 9.78 Å². The number of hydrogen-bond acceptors (Lipinski definition) is 9. The Hall–Kier alpha value is -4.07. The van der Waals surface area contributed by atoms with E-state index in [4.69, 9.17) is 9.47 Å². The van der Waals surface area contributed by atoms with Gasteiger partial charge in [0, 0.05) is 31.6 Å². The number of nitrogens with zero attached hydrogens (tertiary/aromatic N) is 5. The predicted molar refractivity (Wildman–Crippen MR) is 132 cm³/mol. The van der Waals surface area contributed by atoms with Gasteiger partial charge in [0.2, 0.25) is 5.95 Å². The molecule has 186 valence electrons. The number of nitriles is 1. The minimum absolute atomic E-state index is 0.0469. The molecule has 10 nitrogen and oxygen atoms in total. The molecule has 2 aromatic heterocycles. The maximum Gasteiger partial charge on any atom is 0.251 e. The van der Waals surface area contributed by atoms with Gasteiger partial charge in [-0.2, -0.15) is 5.26 Å². The lowest BCUT2D eigenvalue weighted by Gasteiger charge is -2.23. The van der Waals surface area contributed by atoms with Crippen molar-refractivity contribution in [1.82, 2.24) is 19.9 Å². The molecule has 36 heavy (non-hydrogen) atoms. The van der Waals surface area contributed by atoms with E-state index in [0.717, 1.165) is 18.4 Å². The van der Waals surface area contributed by atoms with Crippen LogP contribution in [0.25, 0.3) is 11.3 Å². The van der Waals surface area contributed by atoms with Gasteiger partial charge in [-0.15, -0.1) is 0 Å². The number of amides is 1. The second-order valence-corrected chi connectivity index (χ2v) is 8.55. The maximum atomic E-state index is 11.8. The molecule has 0 spiro atoms. The topological polar surface area (TPSA) is 133 Å². The molecule has 0 aliphatic carbocycles. The second kappa shape index (κ2) is 11.6. The first-order valence-corrected chi connectivity index (χ1v) is 11.7. The van der Waals surface area contributed by atoms with Gasteiger partial charge in [0.15, 0.2) is 0 Å². The predicted octanol–water partition coefficient (Wildman–Crippen LogP) is 3.05. The zero-order valence-corrected chi connectivity index (χ0v) is 20.2. The van der Waals surface area contributed by atoms with E-state index in [2.05, 4.69) is 26.3 Å². The molecule has 1 aromatic carbocycles. The van der Waals surface area contributed by atoms with Crippen LogP contribution < -0.4 is 10.1 Å². The third-order valence-electron chi connectivity index (χ3n) is 5.73. The number of pyridine rings is 1. The number of aliphatic hydroxyl groups excluding tert-OH is 1. The molecule has 0 radical (unpaired) electrons. The van der Waals surface area contributed by atoms with Gasteiger partial charge in [0.1, 0.15) is 24.0 Å². The Morgan fingerprint density at radius 3 is 2.78 bits per heavy atom. The van der Waals surface area contributed by atoms with Crippen LogP contribution in [-0.4, -0.2) is 63.3 Å². The Morgan fingerprint density at radius 1 is 1.28 bits per heavy atom. The average molecular weight is 489 g/mol. The quantitative estimate of drug-likeness (QED) is 0.491. The lowest BCUT2D eigenvalue weighted by molar-refractivity contribution is -0.138. The second-order valence-electron chi connectivity index (χ2n) is 8.55. The first kappa shape index (κ1) is 25.0. The van der Waals surface area contributed by atoms with Crippen LogP contribution in [0.1, 0.15) is 31.0 Å². The molecule has 10 heteroatoms. The number of carbonyl (C=O) groups excluding carboxylic acids is 1. The monoisotopic (exact) mass is 488 g/mol. The first-order valence-electron chi connectivity index (χ1n) is 11.7. The number of likely N-dealkylation sites (N-methyl/N-ethyl adjacent to an activating group) is 1. The highest BCUT2D eigenvalue weighted by atomic mass is 16.5. The summed E-state index contributed by atoms with van der Waals surface area (Å²) in [5, 5.41) is 22.2. The molecule has 1 fully saturated rings. The molecule has 1 aliphatic rings. The Morgan fingerprint density at radius 2 is 2.08 bits per heavy atom. The van der Waals surface area contributed by atoms with Crippen molar-refractivity contribution < 1.29 is 19.4 Å². The summed E-state index contributed by atoms with van der Waals surface area (Å²) in [7, 11) is 1.61. The SMILES string of the molecule is CC(O)C(=O)N(C)Cc1ccc(Nc2nccc(-c3ccc(OC4CCOCC4)c(C#N)c3)n2)cn1. The van der Waals surface area contributed by atoms with Crippen molar-refractivity contribution in [1.29, 1.82) is 5.26 Å². The van der Waals surface area contributed by atoms with Crippen LogP contribution in [0.4, 0.5) is 11.6 Å². The minimum atomic E-state index is -1.06. The van der Waals surface area contributed by atoms with Crippen molar-refractivity contribution in [2.45, 2.75) is 38.5 Å². The Kier molecular flexibility index (Phi) is 8.05. The van der Waals surface area contributed by atoms with E-state index >= 15 is 0 Å². The fourth-order valence-electron chi connectivity index (χ4n) is 3.79. The Labute approximate surface area is 209 Å². The molecule has 0 bridgehead atoms. The third kappa shape index (κ3) is 6.33. The first-order chi connectivity index (χ1) is 17.4. The molecule has 4 rings (SSSR count). The number of rotatable bonds is 8. The minimum Gasteiger partial charge on any atom is -0.489 e. The molecule has 1 unspecified atom stereocenters. The zero-order valence-electron chi connectivity index (χ0n) is 20.2. The van der Waals surface area contributed by atoms with Crippen molar-refractivity contribution in [2.24, 2.45) is 0 Å². The molecule has 1 aliphatic heterocycles. The number of anilines is 2. The summed E-state index contributed by atoms with van der Waals surface area (Å²) in [4.78, 5) is 26.5. The van der Waals surface area contributed by atoms with Gasteiger partial charge in [-0.25, -0.2) is 9.97 Å². The lowest BCUT2D eigenvalue weighted by Crippen LogP contribution is -2.34. The van der Waals surface area contributed by atoms with Gasteiger partial charge >= 0.3 is 0 Å². The molecule has 1 atom stereocenters. The average Bonchev–Trinajstić information content (AvgIpc) is 2.90. The third-order valence-corrected chi connectivity index (χ3v) is 5.73. The molecular weight excluding hydrogens is 460 g/mol. The number of nitrogens with one attached hydrogen (secondary N) is 1. The van der Waals surface area contributed by atoms with Crippen LogP contribution >= 0.6 is 0 Å². The normalized spacial score (nSPS) is 14.5. The summed E-state index contributed by atoms with van der Waals surface area (Å²) < 4.78 is 11.4. The van der Waals surface area contributed by atoms with Crippen molar-refractivity contribution in [3.05, 3.63) is 60.0 Å². The van der Waals surface area contributed by atoms with E-state index in [0.29, 0.717) is 47.6 Å². The molecule has 1 saturated heterocycles. The van der Waals surface area contributed by atoms with E-state index in [1.807, 2.05) is 12.1 Å². The zero-order chi connectivity index (χ0) is 25.5. The lowest BCUT2D eigenvalue weighted by atomic mass is 10.1. The number of aliphatic hydroxyl groups is 1. The smallest absolute Gasteiger partial charge is 0.251 e. The molecule has 0 saturated carbocycles. The highest BCUT2D eigenvalue weighted by molar-refractivity contribution is 5.79. The van der Waals surface area contributed by atoms with Crippen molar-refractivity contribution in [2.75, 3.05) is 25.6 Å². The van der Waals surface area contributed by atoms with Crippen LogP contribution in [-0.2, 0) is 16.1 Å². The van der Waals surface area contributed by atoms with Gasteiger partial charge < -0.3 is 24.8 Å². The number of hydrogen-bond donors (Lipinski definition) is 2. The van der Waals surface area contributed by atoms with Gasteiger partial charge in [-0.1, -0.05) is 0 Å². The van der Waals surface area contributed by atoms with E-state index in [9.17, 15) is 15.2 Å². The van der Waals surface area contributed by atoms with Crippen LogP contribution in [0.2, 0.25) is 0 Å². The highest BCUT2D eigenvalue weighted by Gasteiger charge is 2.18. The number of aromatic nitrogens is 3. The van der Waals surface area contributed by atoms with Crippen LogP contribution in [0, 0.1) is 11.3 Å². The molecule has 1 amide bonds. The molecule has 2 N–H and O–H groups in total. The summed E-state index contributed by atoms with van der Waals surface area (Å²) in [5.74, 6) is 0.573. The fourth-order valence-corrected chi connectivity index (χ4v) is 3.79. The highest BCUT2D eigenvalue weighted by Crippen LogP contribution is 2.28. The van der Waals surface area contributed by atoms with E-state index < -0.39 is 6.10 Å². The summed E-state index contributed by atoms with van der Waals surface area (Å²) in [6.45, 7) is 3.05. The Balaban J connectivity index is 1.44. The van der Waals surface area contributed by atoms with Crippen molar-refractivity contribution in [3.8, 4) is 23.1 Å². The van der Waals surface area contributed by atoms with Gasteiger partial charge in [0.05, 0.1) is 48.6 Å². The van der Waals surface area contributed by atoms with E-state index in [1.165, 1.54) is 11.8 Å². The summed E-state index contributed by atoms with van der Waals surface area (Å²) in [6.07, 6.45) is 3.87. The number of carbonyl (C=O) groups is 1. The summed E-state index contributed by atoms with van der Waals surface area (Å²) in [5.41, 5.74) is 3.24. The number of ether oxygens (including phenoxy) is 2. The molecular formula is C26H28N6O4. The van der Waals surface area contributed by atoms with Crippen molar-refractivity contribution >= 4 is 17.5 Å². The standard InChI is InChI=1S/C26H28N6O4/c1-17(33)25(34)32(2)16-21-5-4-20(15-29-21)30-26-28-10-7-23(31-26)18-3-6-24(19(13-18)14-27)36-22-8-11-35-12-9-22/h3-7,10,13,15,17,22,33H,8-9,11-12,16H2,1-2H3,(H,28,30,31).